The zero-order valence-electron chi connectivity index (χ0n) is 14.5. The van der Waals surface area contributed by atoms with Crippen molar-refractivity contribution in [2.24, 2.45) is 0 Å². The maximum atomic E-state index is 12.9. The monoisotopic (exact) mass is 338 g/mol. The molecule has 1 aliphatic carbocycles. The van der Waals surface area contributed by atoms with E-state index in [1.165, 1.54) is 12.5 Å². The van der Waals surface area contributed by atoms with E-state index in [1.54, 1.807) is 25.3 Å². The van der Waals surface area contributed by atoms with Gasteiger partial charge in [-0.25, -0.2) is 0 Å². The average molecular weight is 338 g/mol. The summed E-state index contributed by atoms with van der Waals surface area (Å²) >= 11 is 0. The van der Waals surface area contributed by atoms with Crippen LogP contribution >= 0.6 is 0 Å². The molecule has 1 atom stereocenters. The van der Waals surface area contributed by atoms with Crippen molar-refractivity contribution < 1.29 is 14.3 Å². The summed E-state index contributed by atoms with van der Waals surface area (Å²) in [5.41, 5.74) is 3.52. The molecule has 0 heterocycles. The number of hydrogen-bond acceptors (Lipinski definition) is 3. The fourth-order valence-corrected chi connectivity index (χ4v) is 3.33. The average Bonchev–Trinajstić information content (AvgIpc) is 2.61. The molecule has 0 aromatic heterocycles. The number of hydrogen-bond donors (Lipinski definition) is 2. The molecule has 0 saturated heterocycles. The topological polar surface area (TPSA) is 67.4 Å². The third-order valence-electron chi connectivity index (χ3n) is 4.46. The van der Waals surface area contributed by atoms with Crippen molar-refractivity contribution in [2.45, 2.75) is 32.1 Å². The van der Waals surface area contributed by atoms with Crippen LogP contribution in [0, 0.1) is 0 Å². The van der Waals surface area contributed by atoms with Crippen LogP contribution in [0.2, 0.25) is 0 Å². The maximum Gasteiger partial charge on any atom is 0.232 e. The Labute approximate surface area is 147 Å². The van der Waals surface area contributed by atoms with Gasteiger partial charge in [-0.15, -0.1) is 0 Å². The van der Waals surface area contributed by atoms with E-state index in [2.05, 4.69) is 16.7 Å². The number of nitrogens with one attached hydrogen (secondary N) is 2. The van der Waals surface area contributed by atoms with Gasteiger partial charge < -0.3 is 15.4 Å². The summed E-state index contributed by atoms with van der Waals surface area (Å²) < 4.78 is 5.34. The molecule has 1 aliphatic rings. The standard InChI is InChI=1S/C20H22N2O3/c1-13(23)21-15-10-11-19(25-2)18(12-15)22-20(24)17-9-5-7-14-6-3-4-8-16(14)17/h3-4,6,8,10-12,17H,5,7,9H2,1-2H3,(H,21,23)(H,22,24). The number of anilines is 2. The van der Waals surface area contributed by atoms with Crippen molar-refractivity contribution in [2.75, 3.05) is 17.7 Å². The van der Waals surface area contributed by atoms with E-state index in [-0.39, 0.29) is 17.7 Å². The Kier molecular flexibility index (Phi) is 5.03. The van der Waals surface area contributed by atoms with Crippen molar-refractivity contribution in [3.63, 3.8) is 0 Å². The first-order valence-electron chi connectivity index (χ1n) is 8.43. The number of aryl methyl sites for hydroxylation is 1. The fraction of sp³-hybridized carbons (Fsp3) is 0.300. The Morgan fingerprint density at radius 3 is 2.68 bits per heavy atom. The van der Waals surface area contributed by atoms with Gasteiger partial charge in [0.25, 0.3) is 0 Å². The Hall–Kier alpha value is -2.82. The lowest BCUT2D eigenvalue weighted by Gasteiger charge is -2.25. The minimum Gasteiger partial charge on any atom is -0.495 e. The molecule has 2 N–H and O–H groups in total. The highest BCUT2D eigenvalue weighted by molar-refractivity contribution is 5.98. The van der Waals surface area contributed by atoms with Crippen LogP contribution in [0.5, 0.6) is 5.75 Å². The molecule has 5 nitrogen and oxygen atoms in total. The summed E-state index contributed by atoms with van der Waals surface area (Å²) in [4.78, 5) is 24.1. The second-order valence-corrected chi connectivity index (χ2v) is 6.23. The molecule has 0 spiro atoms. The van der Waals surface area contributed by atoms with E-state index in [0.717, 1.165) is 24.8 Å². The SMILES string of the molecule is COc1ccc(NC(C)=O)cc1NC(=O)C1CCCc2ccccc21. The zero-order valence-corrected chi connectivity index (χ0v) is 14.5. The number of carbonyl (C=O) groups excluding carboxylic acids is 2. The normalized spacial score (nSPS) is 15.8. The van der Waals surface area contributed by atoms with Crippen LogP contribution in [0.3, 0.4) is 0 Å². The van der Waals surface area contributed by atoms with Crippen molar-refractivity contribution in [1.29, 1.82) is 0 Å². The Bertz CT molecular complexity index is 801. The van der Waals surface area contributed by atoms with Gasteiger partial charge >= 0.3 is 0 Å². The fourth-order valence-electron chi connectivity index (χ4n) is 3.33. The van der Waals surface area contributed by atoms with E-state index >= 15 is 0 Å². The van der Waals surface area contributed by atoms with Crippen molar-refractivity contribution >= 4 is 23.2 Å². The predicted molar refractivity (Wildman–Crippen MR) is 98.0 cm³/mol. The first-order chi connectivity index (χ1) is 12.1. The molecule has 5 heteroatoms. The number of amides is 2. The van der Waals surface area contributed by atoms with Crippen LogP contribution in [-0.4, -0.2) is 18.9 Å². The Morgan fingerprint density at radius 2 is 1.92 bits per heavy atom. The van der Waals surface area contributed by atoms with E-state index in [1.807, 2.05) is 18.2 Å². The molecule has 2 aromatic carbocycles. The molecule has 1 unspecified atom stereocenters. The van der Waals surface area contributed by atoms with Gasteiger partial charge in [-0.2, -0.15) is 0 Å². The molecule has 0 fully saturated rings. The van der Waals surface area contributed by atoms with Crippen LogP contribution < -0.4 is 15.4 Å². The van der Waals surface area contributed by atoms with Crippen molar-refractivity contribution in [1.82, 2.24) is 0 Å². The zero-order chi connectivity index (χ0) is 17.8. The van der Waals surface area contributed by atoms with Gasteiger partial charge in [0, 0.05) is 12.6 Å². The molecule has 2 amide bonds. The quantitative estimate of drug-likeness (QED) is 0.893. The third-order valence-corrected chi connectivity index (χ3v) is 4.46. The van der Waals surface area contributed by atoms with E-state index in [0.29, 0.717) is 17.1 Å². The summed E-state index contributed by atoms with van der Waals surface area (Å²) in [6.45, 7) is 1.45. The summed E-state index contributed by atoms with van der Waals surface area (Å²) in [5.74, 6) is 0.180. The Balaban J connectivity index is 1.84. The number of carbonyl (C=O) groups is 2. The van der Waals surface area contributed by atoms with Gasteiger partial charge in [-0.1, -0.05) is 24.3 Å². The molecular formula is C20H22N2O3. The molecule has 3 rings (SSSR count). The number of ether oxygens (including phenoxy) is 1. The van der Waals surface area contributed by atoms with Crippen molar-refractivity contribution in [3.8, 4) is 5.75 Å². The smallest absolute Gasteiger partial charge is 0.232 e. The van der Waals surface area contributed by atoms with E-state index in [9.17, 15) is 9.59 Å². The lowest BCUT2D eigenvalue weighted by Crippen LogP contribution is -2.25. The predicted octanol–water partition coefficient (Wildman–Crippen LogP) is 3.71. The number of fused-ring (bicyclic) bond motifs is 1. The van der Waals surface area contributed by atoms with Gasteiger partial charge in [0.2, 0.25) is 11.8 Å². The highest BCUT2D eigenvalue weighted by Crippen LogP contribution is 2.34. The lowest BCUT2D eigenvalue weighted by atomic mass is 9.82. The number of benzene rings is 2. The molecule has 25 heavy (non-hydrogen) atoms. The summed E-state index contributed by atoms with van der Waals surface area (Å²) in [6, 6.07) is 13.3. The number of methoxy groups -OCH3 is 1. The molecule has 0 aliphatic heterocycles. The highest BCUT2D eigenvalue weighted by Gasteiger charge is 2.26. The van der Waals surface area contributed by atoms with Crippen LogP contribution in [0.1, 0.15) is 36.8 Å². The minimum absolute atomic E-state index is 0.0505. The minimum atomic E-state index is -0.168. The van der Waals surface area contributed by atoms with Crippen LogP contribution in [0.4, 0.5) is 11.4 Å². The van der Waals surface area contributed by atoms with Crippen molar-refractivity contribution in [3.05, 3.63) is 53.6 Å². The van der Waals surface area contributed by atoms with E-state index in [4.69, 9.17) is 4.74 Å². The molecule has 2 aromatic rings. The second-order valence-electron chi connectivity index (χ2n) is 6.23. The third kappa shape index (κ3) is 3.82. The summed E-state index contributed by atoms with van der Waals surface area (Å²) in [6.07, 6.45) is 2.84. The summed E-state index contributed by atoms with van der Waals surface area (Å²) in [5, 5.41) is 5.69. The van der Waals surface area contributed by atoms with E-state index < -0.39 is 0 Å². The molecule has 0 radical (unpaired) electrons. The van der Waals surface area contributed by atoms with Gasteiger partial charge in [-0.3, -0.25) is 9.59 Å². The van der Waals surface area contributed by atoms with Gasteiger partial charge in [0.1, 0.15) is 5.75 Å². The first-order valence-corrected chi connectivity index (χ1v) is 8.43. The van der Waals surface area contributed by atoms with Gasteiger partial charge in [0.15, 0.2) is 0 Å². The molecule has 130 valence electrons. The number of rotatable bonds is 4. The maximum absolute atomic E-state index is 12.9. The van der Waals surface area contributed by atoms with Crippen LogP contribution in [0.15, 0.2) is 42.5 Å². The van der Waals surface area contributed by atoms with Crippen LogP contribution in [-0.2, 0) is 16.0 Å². The van der Waals surface area contributed by atoms with Gasteiger partial charge in [0.05, 0.1) is 18.7 Å². The highest BCUT2D eigenvalue weighted by atomic mass is 16.5. The summed E-state index contributed by atoms with van der Waals surface area (Å²) in [7, 11) is 1.55. The van der Waals surface area contributed by atoms with Gasteiger partial charge in [-0.05, 0) is 48.6 Å². The Morgan fingerprint density at radius 1 is 1.12 bits per heavy atom. The second kappa shape index (κ2) is 7.38. The van der Waals surface area contributed by atoms with Crippen LogP contribution in [0.25, 0.3) is 0 Å². The largest absolute Gasteiger partial charge is 0.495 e. The molecule has 0 bridgehead atoms. The molecular weight excluding hydrogens is 316 g/mol. The molecule has 0 saturated carbocycles. The first kappa shape index (κ1) is 17.0. The lowest BCUT2D eigenvalue weighted by molar-refractivity contribution is -0.118.